The molecule has 0 bridgehead atoms. The molecule has 5 heteroatoms. The molecular weight excluding hydrogens is 270 g/mol. The first-order chi connectivity index (χ1) is 9.65. The van der Waals surface area contributed by atoms with E-state index in [-0.39, 0.29) is 11.3 Å². The molecule has 1 heterocycles. The number of carboxylic acids is 1. The van der Waals surface area contributed by atoms with Gasteiger partial charge in [-0.3, -0.25) is 4.79 Å². The first-order valence-corrected chi connectivity index (χ1v) is 6.69. The highest BCUT2D eigenvalue weighted by molar-refractivity contribution is 6.05. The number of benzene rings is 1. The third-order valence-corrected chi connectivity index (χ3v) is 3.48. The second-order valence-corrected chi connectivity index (χ2v) is 6.00. The fourth-order valence-corrected chi connectivity index (χ4v) is 2.52. The van der Waals surface area contributed by atoms with Gasteiger partial charge in [0.05, 0.1) is 16.9 Å². The summed E-state index contributed by atoms with van der Waals surface area (Å²) in [5.41, 5.74) is -0.508. The molecule has 0 aromatic heterocycles. The largest absolute Gasteiger partial charge is 0.478 e. The van der Waals surface area contributed by atoms with Crippen molar-refractivity contribution in [3.63, 3.8) is 0 Å². The summed E-state index contributed by atoms with van der Waals surface area (Å²) in [6.07, 6.45) is 1.54. The minimum Gasteiger partial charge on any atom is -0.478 e. The molecule has 2 rings (SSSR count). The van der Waals surface area contributed by atoms with Crippen molar-refractivity contribution in [2.75, 3.05) is 5.32 Å². The molecule has 5 nitrogen and oxygen atoms in total. The molecule has 0 atom stereocenters. The van der Waals surface area contributed by atoms with E-state index in [2.05, 4.69) is 5.32 Å². The first kappa shape index (κ1) is 15.3. The third-order valence-electron chi connectivity index (χ3n) is 3.48. The van der Waals surface area contributed by atoms with Gasteiger partial charge in [0, 0.05) is 11.8 Å². The molecule has 21 heavy (non-hydrogen) atoms. The number of ether oxygens (including phenoxy) is 1. The van der Waals surface area contributed by atoms with Crippen LogP contribution in [0.4, 0.5) is 5.69 Å². The van der Waals surface area contributed by atoms with Crippen LogP contribution in [0.25, 0.3) is 0 Å². The minimum absolute atomic E-state index is 0.104. The molecule has 1 aliphatic rings. The van der Waals surface area contributed by atoms with Gasteiger partial charge < -0.3 is 15.2 Å². The highest BCUT2D eigenvalue weighted by atomic mass is 16.5. The van der Waals surface area contributed by atoms with Crippen LogP contribution in [0.15, 0.2) is 36.0 Å². The number of nitrogens with one attached hydrogen (secondary N) is 1. The number of carbonyl (C=O) groups excluding carboxylic acids is 1. The standard InChI is InChI=1S/C16H19NO4/c1-15(2)11(13(18)16(3,4)21-15)9-17-12-8-6-5-7-10(12)14(19)20/h5-9,17H,1-4H3,(H,19,20)/b11-9+. The SMILES string of the molecule is CC1(C)OC(C)(C)/C(=C/Nc2ccccc2C(=O)O)C1=O. The van der Waals surface area contributed by atoms with Crippen molar-refractivity contribution in [2.24, 2.45) is 0 Å². The maximum Gasteiger partial charge on any atom is 0.337 e. The normalized spacial score (nSPS) is 21.5. The molecule has 0 saturated carbocycles. The topological polar surface area (TPSA) is 75.6 Å². The average molecular weight is 289 g/mol. The second kappa shape index (κ2) is 5.00. The van der Waals surface area contributed by atoms with Gasteiger partial charge in [-0.05, 0) is 39.8 Å². The van der Waals surface area contributed by atoms with Gasteiger partial charge >= 0.3 is 5.97 Å². The van der Waals surface area contributed by atoms with Gasteiger partial charge in [0.2, 0.25) is 0 Å². The van der Waals surface area contributed by atoms with Crippen molar-refractivity contribution in [1.29, 1.82) is 0 Å². The summed E-state index contributed by atoms with van der Waals surface area (Å²) in [6.45, 7) is 7.08. The number of carbonyl (C=O) groups is 2. The summed E-state index contributed by atoms with van der Waals surface area (Å²) in [4.78, 5) is 23.5. The first-order valence-electron chi connectivity index (χ1n) is 6.69. The Hall–Kier alpha value is -2.14. The van der Waals surface area contributed by atoms with Crippen LogP contribution in [-0.4, -0.2) is 28.1 Å². The maximum atomic E-state index is 12.3. The lowest BCUT2D eigenvalue weighted by Crippen LogP contribution is -2.29. The molecule has 2 N–H and O–H groups in total. The quantitative estimate of drug-likeness (QED) is 0.837. The molecule has 1 aromatic carbocycles. The number of hydrogen-bond acceptors (Lipinski definition) is 4. The number of Topliss-reactive ketones (excluding diaryl/α,β-unsaturated/α-hetero) is 1. The zero-order valence-corrected chi connectivity index (χ0v) is 12.6. The summed E-state index contributed by atoms with van der Waals surface area (Å²) in [5, 5.41) is 12.1. The number of para-hydroxylation sites is 1. The molecule has 0 radical (unpaired) electrons. The molecule has 1 fully saturated rings. The van der Waals surface area contributed by atoms with Crippen LogP contribution in [0.2, 0.25) is 0 Å². The number of rotatable bonds is 3. The summed E-state index contributed by atoms with van der Waals surface area (Å²) in [7, 11) is 0. The maximum absolute atomic E-state index is 12.3. The number of hydrogen-bond donors (Lipinski definition) is 2. The van der Waals surface area contributed by atoms with Crippen LogP contribution >= 0.6 is 0 Å². The lowest BCUT2D eigenvalue weighted by molar-refractivity contribution is -0.132. The van der Waals surface area contributed by atoms with E-state index >= 15 is 0 Å². The Kier molecular flexibility index (Phi) is 3.63. The molecular formula is C16H19NO4. The second-order valence-electron chi connectivity index (χ2n) is 6.00. The molecule has 0 spiro atoms. The van der Waals surface area contributed by atoms with Crippen molar-refractivity contribution >= 4 is 17.4 Å². The Morgan fingerprint density at radius 1 is 1.19 bits per heavy atom. The summed E-state index contributed by atoms with van der Waals surface area (Å²) >= 11 is 0. The van der Waals surface area contributed by atoms with Crippen molar-refractivity contribution in [1.82, 2.24) is 0 Å². The Morgan fingerprint density at radius 2 is 1.81 bits per heavy atom. The number of anilines is 1. The van der Waals surface area contributed by atoms with Crippen LogP contribution < -0.4 is 5.32 Å². The van der Waals surface area contributed by atoms with E-state index in [0.717, 1.165) is 0 Å². The average Bonchev–Trinajstić information content (AvgIpc) is 2.52. The number of ketones is 1. The van der Waals surface area contributed by atoms with Gasteiger partial charge in [0.15, 0.2) is 5.78 Å². The van der Waals surface area contributed by atoms with Gasteiger partial charge in [0.25, 0.3) is 0 Å². The van der Waals surface area contributed by atoms with Crippen LogP contribution in [0.3, 0.4) is 0 Å². The van der Waals surface area contributed by atoms with E-state index in [1.807, 2.05) is 13.8 Å². The Labute approximate surface area is 123 Å². The van der Waals surface area contributed by atoms with Crippen molar-refractivity contribution < 1.29 is 19.4 Å². The van der Waals surface area contributed by atoms with Gasteiger partial charge in [-0.1, -0.05) is 12.1 Å². The fourth-order valence-electron chi connectivity index (χ4n) is 2.52. The van der Waals surface area contributed by atoms with E-state index in [1.54, 1.807) is 38.2 Å². The molecule has 0 amide bonds. The Morgan fingerprint density at radius 3 is 2.33 bits per heavy atom. The third kappa shape index (κ3) is 2.83. The zero-order chi connectivity index (χ0) is 15.8. The van der Waals surface area contributed by atoms with E-state index in [4.69, 9.17) is 9.84 Å². The number of aromatic carboxylic acids is 1. The van der Waals surface area contributed by atoms with E-state index in [9.17, 15) is 9.59 Å². The smallest absolute Gasteiger partial charge is 0.337 e. The summed E-state index contributed by atoms with van der Waals surface area (Å²) in [6, 6.07) is 6.54. The Bertz CT molecular complexity index is 629. The van der Waals surface area contributed by atoms with E-state index in [1.165, 1.54) is 6.07 Å². The molecule has 0 aliphatic carbocycles. The van der Waals surface area contributed by atoms with Gasteiger partial charge in [-0.2, -0.15) is 0 Å². The summed E-state index contributed by atoms with van der Waals surface area (Å²) < 4.78 is 5.75. The van der Waals surface area contributed by atoms with Crippen LogP contribution in [0.5, 0.6) is 0 Å². The molecule has 112 valence electrons. The lowest BCUT2D eigenvalue weighted by Gasteiger charge is -2.22. The van der Waals surface area contributed by atoms with E-state index < -0.39 is 17.2 Å². The van der Waals surface area contributed by atoms with Crippen molar-refractivity contribution in [2.45, 2.75) is 38.9 Å². The minimum atomic E-state index is -1.02. The number of carboxylic acid groups (broad SMARTS) is 1. The predicted octanol–water partition coefficient (Wildman–Crippen LogP) is 2.84. The zero-order valence-electron chi connectivity index (χ0n) is 12.6. The molecule has 0 unspecified atom stereocenters. The van der Waals surface area contributed by atoms with Gasteiger partial charge in [-0.15, -0.1) is 0 Å². The van der Waals surface area contributed by atoms with Crippen LogP contribution in [-0.2, 0) is 9.53 Å². The highest BCUT2D eigenvalue weighted by Crippen LogP contribution is 2.38. The monoisotopic (exact) mass is 289 g/mol. The van der Waals surface area contributed by atoms with Gasteiger partial charge in [-0.25, -0.2) is 4.79 Å². The molecule has 1 saturated heterocycles. The van der Waals surface area contributed by atoms with E-state index in [0.29, 0.717) is 11.3 Å². The van der Waals surface area contributed by atoms with Crippen molar-refractivity contribution in [3.8, 4) is 0 Å². The fraction of sp³-hybridized carbons (Fsp3) is 0.375. The van der Waals surface area contributed by atoms with Crippen molar-refractivity contribution in [3.05, 3.63) is 41.6 Å². The van der Waals surface area contributed by atoms with Crippen LogP contribution in [0, 0.1) is 0 Å². The van der Waals surface area contributed by atoms with Crippen LogP contribution in [0.1, 0.15) is 38.1 Å². The molecule has 1 aromatic rings. The molecule has 1 aliphatic heterocycles. The highest BCUT2D eigenvalue weighted by Gasteiger charge is 2.49. The Balaban J connectivity index is 2.34. The lowest BCUT2D eigenvalue weighted by atomic mass is 9.93. The predicted molar refractivity (Wildman–Crippen MR) is 79.4 cm³/mol. The van der Waals surface area contributed by atoms with Gasteiger partial charge in [0.1, 0.15) is 5.60 Å². The summed E-state index contributed by atoms with van der Waals surface area (Å²) in [5.74, 6) is -1.13.